The number of aliphatic hydroxyl groups is 1. The first-order valence-electron chi connectivity index (χ1n) is 3.98. The zero-order chi connectivity index (χ0) is 12.4. The van der Waals surface area contributed by atoms with Crippen molar-refractivity contribution in [2.45, 2.75) is 5.59 Å². The van der Waals surface area contributed by atoms with Crippen molar-refractivity contribution in [2.75, 3.05) is 0 Å². The first kappa shape index (κ1) is 16.8. The molecule has 2 unspecified atom stereocenters. The number of hydrogen-bond acceptors (Lipinski definition) is 7. The van der Waals surface area contributed by atoms with Gasteiger partial charge in [-0.15, -0.1) is 0 Å². The normalized spacial score (nSPS) is 16.5. The summed E-state index contributed by atoms with van der Waals surface area (Å²) >= 11 is 0. The molecule has 10 heteroatoms. The van der Waals surface area contributed by atoms with Crippen LogP contribution in [0.5, 0.6) is 5.75 Å². The SMILES string of the molecule is O=P([O-])([O-])C(O)P(=O)([O-])Oc1ccccc1.[Fe+3]. The monoisotopic (exact) mass is 321 g/mol. The third-order valence-electron chi connectivity index (χ3n) is 1.54. The molecule has 0 spiro atoms. The molecule has 2 atom stereocenters. The molecule has 1 radical (unpaired) electrons. The van der Waals surface area contributed by atoms with Crippen LogP contribution in [0.3, 0.4) is 0 Å². The van der Waals surface area contributed by atoms with E-state index in [9.17, 15) is 23.8 Å². The van der Waals surface area contributed by atoms with Crippen molar-refractivity contribution < 1.29 is 50.5 Å². The second kappa shape index (κ2) is 6.14. The molecule has 0 aliphatic rings. The first-order valence-corrected chi connectivity index (χ1v) is 7.21. The summed E-state index contributed by atoms with van der Waals surface area (Å²) in [6.45, 7) is 0. The van der Waals surface area contributed by atoms with Crippen LogP contribution in [0.25, 0.3) is 0 Å². The molecule has 0 aliphatic carbocycles. The molecule has 95 valence electrons. The van der Waals surface area contributed by atoms with Crippen LogP contribution in [0.4, 0.5) is 0 Å². The Labute approximate surface area is 108 Å². The zero-order valence-corrected chi connectivity index (χ0v) is 11.0. The fraction of sp³-hybridized carbons (Fsp3) is 0.143. The van der Waals surface area contributed by atoms with Crippen LogP contribution >= 0.6 is 15.2 Å². The van der Waals surface area contributed by atoms with E-state index in [2.05, 4.69) is 4.52 Å². The van der Waals surface area contributed by atoms with Gasteiger partial charge in [0.15, 0.2) is 5.59 Å². The minimum Gasteiger partial charge on any atom is -0.809 e. The van der Waals surface area contributed by atoms with Crippen LogP contribution in [0.1, 0.15) is 0 Å². The van der Waals surface area contributed by atoms with Gasteiger partial charge in [0.05, 0.1) is 0 Å². The van der Waals surface area contributed by atoms with E-state index in [0.717, 1.165) is 0 Å². The van der Waals surface area contributed by atoms with E-state index in [4.69, 9.17) is 5.11 Å². The molecule has 0 amide bonds. The number of hydrogen-bond donors (Lipinski definition) is 1. The fourth-order valence-electron chi connectivity index (χ4n) is 0.849. The summed E-state index contributed by atoms with van der Waals surface area (Å²) in [4.78, 5) is 31.8. The first-order chi connectivity index (χ1) is 7.23. The number of benzene rings is 1. The van der Waals surface area contributed by atoms with Crippen molar-refractivity contribution in [1.29, 1.82) is 0 Å². The molecule has 1 rings (SSSR count). The second-order valence-corrected chi connectivity index (χ2v) is 6.56. The van der Waals surface area contributed by atoms with Crippen LogP contribution in [0, 0.1) is 0 Å². The molecule has 0 heterocycles. The third kappa shape index (κ3) is 4.92. The number of rotatable bonds is 4. The zero-order valence-electron chi connectivity index (χ0n) is 8.11. The molecular formula is C7H7FeO7P2. The Morgan fingerprint density at radius 1 is 1.12 bits per heavy atom. The molecule has 0 fully saturated rings. The molecule has 1 aromatic rings. The molecule has 1 N–H and O–H groups in total. The van der Waals surface area contributed by atoms with Crippen molar-refractivity contribution in [1.82, 2.24) is 0 Å². The summed E-state index contributed by atoms with van der Waals surface area (Å²) < 4.78 is 25.7. The summed E-state index contributed by atoms with van der Waals surface area (Å²) in [5.74, 6) is -0.187. The van der Waals surface area contributed by atoms with Gasteiger partial charge in [0, 0.05) is 0 Å². The van der Waals surface area contributed by atoms with E-state index in [-0.39, 0.29) is 22.8 Å². The van der Waals surface area contributed by atoms with Gasteiger partial charge in [-0.2, -0.15) is 0 Å². The van der Waals surface area contributed by atoms with Crippen molar-refractivity contribution in [3.8, 4) is 5.75 Å². The molecular weight excluding hydrogens is 314 g/mol. The van der Waals surface area contributed by atoms with Gasteiger partial charge in [-0.05, 0) is 19.7 Å². The molecule has 17 heavy (non-hydrogen) atoms. The Morgan fingerprint density at radius 2 is 1.59 bits per heavy atom. The maximum atomic E-state index is 11.1. The predicted molar refractivity (Wildman–Crippen MR) is 48.3 cm³/mol. The van der Waals surface area contributed by atoms with Gasteiger partial charge in [-0.3, -0.25) is 4.57 Å². The minimum absolute atomic E-state index is 0. The Hall–Kier alpha value is -0.161. The van der Waals surface area contributed by atoms with E-state index in [1.165, 1.54) is 24.3 Å². The maximum Gasteiger partial charge on any atom is 3.00 e. The van der Waals surface area contributed by atoms with Crippen molar-refractivity contribution >= 4 is 15.2 Å². The Balaban J connectivity index is 0.00000256. The third-order valence-corrected chi connectivity index (χ3v) is 4.84. The van der Waals surface area contributed by atoms with Crippen LogP contribution in [-0.2, 0) is 26.2 Å². The largest absolute Gasteiger partial charge is 3.00 e. The van der Waals surface area contributed by atoms with E-state index < -0.39 is 20.8 Å². The minimum atomic E-state index is -5.66. The predicted octanol–water partition coefficient (Wildman–Crippen LogP) is -1.19. The van der Waals surface area contributed by atoms with Gasteiger partial charge in [-0.1, -0.05) is 18.2 Å². The second-order valence-electron chi connectivity index (χ2n) is 2.83. The summed E-state index contributed by atoms with van der Waals surface area (Å²) in [7, 11) is -10.9. The maximum absolute atomic E-state index is 11.1. The van der Waals surface area contributed by atoms with Crippen LogP contribution in [0.2, 0.25) is 0 Å². The Bertz CT molecular complexity index is 445. The average Bonchev–Trinajstić information content (AvgIpc) is 2.16. The summed E-state index contributed by atoms with van der Waals surface area (Å²) in [6.07, 6.45) is 0. The van der Waals surface area contributed by atoms with Gasteiger partial charge in [-0.25, -0.2) is 0 Å². The standard InChI is InChI=1S/C7H10O7P2.Fe/c8-7(15(9,10)11)16(12,13)14-6-4-2-1-3-5-6;/h1-5,7-8H,(H,12,13)(H2,9,10,11);/q;+3/p-3. The average molecular weight is 321 g/mol. The van der Waals surface area contributed by atoms with Gasteiger partial charge >= 0.3 is 17.1 Å². The van der Waals surface area contributed by atoms with E-state index in [1.807, 2.05) is 0 Å². The van der Waals surface area contributed by atoms with E-state index >= 15 is 0 Å². The number of para-hydroxylation sites is 1. The van der Waals surface area contributed by atoms with Crippen LogP contribution in [0.15, 0.2) is 30.3 Å². The van der Waals surface area contributed by atoms with Crippen molar-refractivity contribution in [3.05, 3.63) is 30.3 Å². The van der Waals surface area contributed by atoms with Gasteiger partial charge in [0.1, 0.15) is 5.75 Å². The van der Waals surface area contributed by atoms with E-state index in [1.54, 1.807) is 6.07 Å². The topological polar surface area (TPSA) is 133 Å². The molecule has 1 aromatic carbocycles. The van der Waals surface area contributed by atoms with Crippen LogP contribution in [-0.4, -0.2) is 10.7 Å². The molecule has 0 bridgehead atoms. The van der Waals surface area contributed by atoms with Gasteiger partial charge in [0.25, 0.3) is 0 Å². The Morgan fingerprint density at radius 3 is 2.00 bits per heavy atom. The molecule has 0 saturated carbocycles. The van der Waals surface area contributed by atoms with Gasteiger partial charge < -0.3 is 28.9 Å². The van der Waals surface area contributed by atoms with E-state index in [0.29, 0.717) is 0 Å². The van der Waals surface area contributed by atoms with Crippen molar-refractivity contribution in [2.24, 2.45) is 0 Å². The molecule has 0 saturated heterocycles. The molecule has 0 aromatic heterocycles. The smallest absolute Gasteiger partial charge is 0.809 e. The Kier molecular flexibility index (Phi) is 6.08. The molecule has 0 aliphatic heterocycles. The fourth-order valence-corrected chi connectivity index (χ4v) is 2.89. The summed E-state index contributed by atoms with van der Waals surface area (Å²) in [6, 6.07) is 6.92. The number of aliphatic hydroxyl groups excluding tert-OH is 1. The van der Waals surface area contributed by atoms with Crippen LogP contribution < -0.4 is 19.2 Å². The molecule has 7 nitrogen and oxygen atoms in total. The summed E-state index contributed by atoms with van der Waals surface area (Å²) in [5.41, 5.74) is -3.08. The van der Waals surface area contributed by atoms with Crippen molar-refractivity contribution in [3.63, 3.8) is 0 Å². The van der Waals surface area contributed by atoms with Gasteiger partial charge in [0.2, 0.25) is 7.60 Å². The summed E-state index contributed by atoms with van der Waals surface area (Å²) in [5, 5.41) is 8.79. The quantitative estimate of drug-likeness (QED) is 0.544.